The number of hydrogen-bond acceptors (Lipinski definition) is 4. The number of fused-ring (bicyclic) bond motifs is 6. The monoisotopic (exact) mass is 852 g/mol. The zero-order valence-electron chi connectivity index (χ0n) is 34.8. The number of nitrogens with zero attached hydrogens (tertiary/aromatic N) is 2. The van der Waals surface area contributed by atoms with Gasteiger partial charge in [-0.1, -0.05) is 146 Å². The van der Waals surface area contributed by atoms with Crippen molar-refractivity contribution in [3.8, 4) is 33.4 Å². The number of para-hydroxylation sites is 2. The van der Waals surface area contributed by atoms with Gasteiger partial charge in [0.05, 0.1) is 5.69 Å². The molecule has 0 fully saturated rings. The van der Waals surface area contributed by atoms with Crippen LogP contribution in [0.15, 0.2) is 243 Å². The smallest absolute Gasteiger partial charge is 0.0554 e. The summed E-state index contributed by atoms with van der Waals surface area (Å²) < 4.78 is 5.18. The summed E-state index contributed by atoms with van der Waals surface area (Å²) >= 11 is 3.72. The van der Waals surface area contributed by atoms with E-state index in [-0.39, 0.29) is 0 Å². The molecule has 4 heteroatoms. The fourth-order valence-corrected chi connectivity index (χ4v) is 11.4. The lowest BCUT2D eigenvalue weighted by Crippen LogP contribution is -2.10. The summed E-state index contributed by atoms with van der Waals surface area (Å²) in [4.78, 5) is 4.74. The average molecular weight is 853 g/mol. The van der Waals surface area contributed by atoms with Gasteiger partial charge in [0.15, 0.2) is 0 Å². The van der Waals surface area contributed by atoms with Crippen molar-refractivity contribution in [2.75, 3.05) is 9.80 Å². The lowest BCUT2D eigenvalue weighted by molar-refractivity contribution is 1.28. The molecule has 10 aromatic carbocycles. The Balaban J connectivity index is 0.880. The van der Waals surface area contributed by atoms with Crippen molar-refractivity contribution in [1.29, 1.82) is 0 Å². The Hall–Kier alpha value is -7.76. The van der Waals surface area contributed by atoms with E-state index in [1.54, 1.807) is 0 Å². The molecular formula is C60H40N2S2. The minimum absolute atomic E-state index is 1.12. The van der Waals surface area contributed by atoms with Gasteiger partial charge in [-0.25, -0.2) is 0 Å². The first-order valence-electron chi connectivity index (χ1n) is 21.7. The van der Waals surface area contributed by atoms with Gasteiger partial charge in [-0.2, -0.15) is 0 Å². The van der Waals surface area contributed by atoms with Crippen LogP contribution in [0.2, 0.25) is 0 Å². The Morgan fingerprint density at radius 2 is 0.703 bits per heavy atom. The van der Waals surface area contributed by atoms with Crippen molar-refractivity contribution in [3.63, 3.8) is 0 Å². The summed E-state index contributed by atoms with van der Waals surface area (Å²) in [6, 6.07) is 88.2. The van der Waals surface area contributed by atoms with Crippen molar-refractivity contribution in [2.45, 2.75) is 0 Å². The van der Waals surface area contributed by atoms with E-state index in [0.29, 0.717) is 0 Å². The van der Waals surface area contributed by atoms with Crippen LogP contribution in [0.3, 0.4) is 0 Å². The fourth-order valence-electron chi connectivity index (χ4n) is 9.17. The third kappa shape index (κ3) is 6.90. The Bertz CT molecular complexity index is 3550. The van der Waals surface area contributed by atoms with Gasteiger partial charge in [0, 0.05) is 68.8 Å². The molecule has 0 N–H and O–H groups in total. The molecule has 0 aliphatic rings. The third-order valence-corrected chi connectivity index (χ3v) is 14.5. The molecule has 0 radical (unpaired) electrons. The number of hydrogen-bond donors (Lipinski definition) is 0. The molecular weight excluding hydrogens is 813 g/mol. The van der Waals surface area contributed by atoms with Gasteiger partial charge in [-0.05, 0) is 130 Å². The van der Waals surface area contributed by atoms with Gasteiger partial charge < -0.3 is 9.80 Å². The summed E-state index contributed by atoms with van der Waals surface area (Å²) in [5.41, 5.74) is 14.0. The molecule has 0 aliphatic heterocycles. The van der Waals surface area contributed by atoms with E-state index >= 15 is 0 Å². The highest BCUT2D eigenvalue weighted by Crippen LogP contribution is 2.46. The lowest BCUT2D eigenvalue weighted by atomic mass is 10.00. The van der Waals surface area contributed by atoms with E-state index < -0.39 is 0 Å². The van der Waals surface area contributed by atoms with Gasteiger partial charge in [-0.3, -0.25) is 0 Å². The van der Waals surface area contributed by atoms with Gasteiger partial charge in [0.1, 0.15) is 0 Å². The average Bonchev–Trinajstić information content (AvgIpc) is 3.94. The maximum Gasteiger partial charge on any atom is 0.0554 e. The van der Waals surface area contributed by atoms with E-state index in [9.17, 15) is 0 Å². The highest BCUT2D eigenvalue weighted by molar-refractivity contribution is 7.26. The Morgan fingerprint density at radius 1 is 0.234 bits per heavy atom. The highest BCUT2D eigenvalue weighted by atomic mass is 32.1. The molecule has 0 aliphatic carbocycles. The maximum absolute atomic E-state index is 2.43. The number of benzene rings is 10. The van der Waals surface area contributed by atoms with Gasteiger partial charge in [-0.15, -0.1) is 22.7 Å². The molecule has 2 nitrogen and oxygen atoms in total. The summed E-state index contributed by atoms with van der Waals surface area (Å²) in [5.74, 6) is 0. The first kappa shape index (κ1) is 38.0. The Kier molecular flexibility index (Phi) is 9.59. The first-order valence-corrected chi connectivity index (χ1v) is 23.3. The standard InChI is InChI=1S/C60H40N2S2/c1-4-14-41(15-5-1)44-16-12-21-51(38-44)62(55-23-13-25-58-60(55)53-22-10-11-24-56(53)63-58)50-34-28-43(29-35-50)46-30-36-52-54-39-45(31-37-57(54)64-59(52)40-46)42-26-32-49(33-27-42)61(47-17-6-2-7-18-47)48-19-8-3-9-20-48/h1-40H. The summed E-state index contributed by atoms with van der Waals surface area (Å²) in [5, 5.41) is 5.15. The van der Waals surface area contributed by atoms with Gasteiger partial charge >= 0.3 is 0 Å². The van der Waals surface area contributed by atoms with Crippen LogP contribution < -0.4 is 9.80 Å². The molecule has 0 bridgehead atoms. The molecule has 0 atom stereocenters. The molecule has 2 aromatic heterocycles. The van der Waals surface area contributed by atoms with Crippen LogP contribution in [0.25, 0.3) is 73.7 Å². The van der Waals surface area contributed by atoms with E-state index in [1.807, 2.05) is 22.7 Å². The molecule has 0 amide bonds. The second kappa shape index (κ2) is 16.2. The van der Waals surface area contributed by atoms with Crippen LogP contribution in [0.5, 0.6) is 0 Å². The minimum atomic E-state index is 1.12. The normalized spacial score (nSPS) is 11.4. The van der Waals surface area contributed by atoms with Crippen LogP contribution in [0.4, 0.5) is 34.1 Å². The summed E-state index contributed by atoms with van der Waals surface area (Å²) in [6.45, 7) is 0. The second-order valence-electron chi connectivity index (χ2n) is 16.1. The zero-order chi connectivity index (χ0) is 42.4. The highest BCUT2D eigenvalue weighted by Gasteiger charge is 2.20. The summed E-state index contributed by atoms with van der Waals surface area (Å²) in [7, 11) is 0. The topological polar surface area (TPSA) is 6.48 Å². The first-order chi connectivity index (χ1) is 31.7. The van der Waals surface area contributed by atoms with Crippen molar-refractivity contribution in [2.24, 2.45) is 0 Å². The maximum atomic E-state index is 2.43. The van der Waals surface area contributed by atoms with Gasteiger partial charge in [0.2, 0.25) is 0 Å². The number of rotatable bonds is 9. The second-order valence-corrected chi connectivity index (χ2v) is 18.3. The Labute approximate surface area is 380 Å². The number of thiophene rings is 2. The lowest BCUT2D eigenvalue weighted by Gasteiger charge is -2.27. The zero-order valence-corrected chi connectivity index (χ0v) is 36.4. The molecule has 0 unspecified atom stereocenters. The SMILES string of the molecule is c1ccc(-c2cccc(N(c3ccc(-c4ccc5c(c4)sc4ccc(-c6ccc(N(c7ccccc7)c7ccccc7)cc6)cc45)cc3)c3cccc4sc5ccccc5c34)c2)cc1. The summed E-state index contributed by atoms with van der Waals surface area (Å²) in [6.07, 6.45) is 0. The predicted molar refractivity (Wildman–Crippen MR) is 278 cm³/mol. The molecule has 0 spiro atoms. The fraction of sp³-hybridized carbons (Fsp3) is 0. The van der Waals surface area contributed by atoms with E-state index in [2.05, 4.69) is 252 Å². The van der Waals surface area contributed by atoms with Crippen molar-refractivity contribution in [1.82, 2.24) is 0 Å². The molecule has 12 aromatic rings. The molecule has 0 saturated heterocycles. The number of anilines is 6. The van der Waals surface area contributed by atoms with Crippen molar-refractivity contribution in [3.05, 3.63) is 243 Å². The minimum Gasteiger partial charge on any atom is -0.311 e. The van der Waals surface area contributed by atoms with Crippen LogP contribution in [0.1, 0.15) is 0 Å². The van der Waals surface area contributed by atoms with Crippen LogP contribution in [0, 0.1) is 0 Å². The quantitative estimate of drug-likeness (QED) is 0.143. The largest absolute Gasteiger partial charge is 0.311 e. The Morgan fingerprint density at radius 3 is 1.42 bits per heavy atom. The van der Waals surface area contributed by atoms with Crippen LogP contribution >= 0.6 is 22.7 Å². The molecule has 0 saturated carbocycles. The van der Waals surface area contributed by atoms with Crippen molar-refractivity contribution >= 4 is 97.1 Å². The predicted octanol–water partition coefficient (Wildman–Crippen LogP) is 18.4. The molecule has 64 heavy (non-hydrogen) atoms. The van der Waals surface area contributed by atoms with Crippen LogP contribution in [-0.2, 0) is 0 Å². The van der Waals surface area contributed by atoms with E-state index in [1.165, 1.54) is 79.4 Å². The molecule has 12 rings (SSSR count). The van der Waals surface area contributed by atoms with E-state index in [0.717, 1.165) is 28.4 Å². The molecule has 2 heterocycles. The third-order valence-electron chi connectivity index (χ3n) is 12.3. The van der Waals surface area contributed by atoms with Crippen LogP contribution in [-0.4, -0.2) is 0 Å². The molecule has 302 valence electrons. The van der Waals surface area contributed by atoms with E-state index in [4.69, 9.17) is 0 Å². The van der Waals surface area contributed by atoms with Crippen molar-refractivity contribution < 1.29 is 0 Å². The van der Waals surface area contributed by atoms with Gasteiger partial charge in [0.25, 0.3) is 0 Å².